The van der Waals surface area contributed by atoms with Crippen molar-refractivity contribution in [2.75, 3.05) is 24.0 Å². The van der Waals surface area contributed by atoms with Crippen LogP contribution in [0.4, 0.5) is 11.4 Å². The Hall–Kier alpha value is -6.40. The molecule has 12 nitrogen and oxygen atoms in total. The third-order valence-corrected chi connectivity index (χ3v) is 11.9. The van der Waals surface area contributed by atoms with E-state index in [1.165, 1.54) is 25.2 Å². The third-order valence-electron chi connectivity index (χ3n) is 11.7. The van der Waals surface area contributed by atoms with E-state index < -0.39 is 70.4 Å². The molecular weight excluding hydrogens is 740 g/mol. The zero-order valence-corrected chi connectivity index (χ0v) is 30.8. The summed E-state index contributed by atoms with van der Waals surface area (Å²) in [5, 5.41) is 30.9. The molecule has 56 heavy (non-hydrogen) atoms. The summed E-state index contributed by atoms with van der Waals surface area (Å²) in [5.74, 6) is -8.09. The number of allylic oxidation sites excluding steroid dienone is 3. The fourth-order valence-electron chi connectivity index (χ4n) is 9.30. The second kappa shape index (κ2) is 13.7. The highest BCUT2D eigenvalue weighted by Crippen LogP contribution is 2.62. The lowest BCUT2D eigenvalue weighted by molar-refractivity contribution is -0.128. The second-order valence-electron chi connectivity index (χ2n) is 14.3. The number of amides is 4. The fraction of sp³-hybridized carbons (Fsp3) is 0.233. The SMILES string of the molecule is COc1cc(C=CC2C3=CCC4C(=O)N(c5ccc(C(=O)O)c(O)c5)C(=O)C4C3CC3C(=O)N(c4cccc(Cl)c4)C(=O)C23c2ccccc2)cc(OC)c1O. The van der Waals surface area contributed by atoms with Gasteiger partial charge in [0.1, 0.15) is 11.3 Å². The van der Waals surface area contributed by atoms with Crippen LogP contribution in [0.5, 0.6) is 23.0 Å². The topological polar surface area (TPSA) is 171 Å². The molecule has 1 saturated carbocycles. The predicted molar refractivity (Wildman–Crippen MR) is 205 cm³/mol. The number of hydrogen-bond acceptors (Lipinski definition) is 9. The fourth-order valence-corrected chi connectivity index (χ4v) is 9.49. The molecule has 0 spiro atoms. The number of nitrogens with zero attached hydrogens (tertiary/aromatic N) is 2. The summed E-state index contributed by atoms with van der Waals surface area (Å²) in [6.45, 7) is 0. The number of carbonyl (C=O) groups is 5. The molecule has 13 heteroatoms. The van der Waals surface area contributed by atoms with Gasteiger partial charge in [0.15, 0.2) is 11.5 Å². The Morgan fingerprint density at radius 2 is 1.52 bits per heavy atom. The van der Waals surface area contributed by atoms with Crippen LogP contribution < -0.4 is 19.3 Å². The molecule has 2 aliphatic heterocycles. The van der Waals surface area contributed by atoms with Crippen molar-refractivity contribution in [1.82, 2.24) is 0 Å². The molecule has 0 bridgehead atoms. The zero-order chi connectivity index (χ0) is 39.6. The number of aromatic hydroxyl groups is 2. The first-order valence-electron chi connectivity index (χ1n) is 17.9. The number of carboxylic acid groups (broad SMARTS) is 1. The maximum atomic E-state index is 15.3. The minimum Gasteiger partial charge on any atom is -0.507 e. The van der Waals surface area contributed by atoms with E-state index in [0.717, 1.165) is 17.0 Å². The summed E-state index contributed by atoms with van der Waals surface area (Å²) in [6.07, 6.45) is 5.70. The molecule has 6 unspecified atom stereocenters. The van der Waals surface area contributed by atoms with E-state index in [-0.39, 0.29) is 41.3 Å². The van der Waals surface area contributed by atoms with Gasteiger partial charge < -0.3 is 24.8 Å². The van der Waals surface area contributed by atoms with Crippen molar-refractivity contribution < 1.29 is 48.8 Å². The highest BCUT2D eigenvalue weighted by Gasteiger charge is 2.69. The van der Waals surface area contributed by atoms with Crippen LogP contribution in [0.15, 0.2) is 103 Å². The summed E-state index contributed by atoms with van der Waals surface area (Å²) >= 11 is 6.39. The van der Waals surface area contributed by atoms with Gasteiger partial charge in [-0.3, -0.25) is 19.2 Å². The summed E-state index contributed by atoms with van der Waals surface area (Å²) in [4.78, 5) is 72.6. The number of anilines is 2. The van der Waals surface area contributed by atoms with Crippen LogP contribution in [0.25, 0.3) is 6.08 Å². The number of phenolic OH excluding ortho intramolecular Hbond substituents is 1. The van der Waals surface area contributed by atoms with Gasteiger partial charge in [-0.15, -0.1) is 0 Å². The number of carbonyl (C=O) groups excluding carboxylic acids is 4. The number of phenols is 2. The normalized spacial score (nSPS) is 25.6. The van der Waals surface area contributed by atoms with Gasteiger partial charge in [-0.25, -0.2) is 14.6 Å². The largest absolute Gasteiger partial charge is 0.507 e. The Balaban J connectivity index is 1.31. The molecule has 4 aromatic rings. The average molecular weight is 775 g/mol. The van der Waals surface area contributed by atoms with Gasteiger partial charge in [-0.05, 0) is 72.4 Å². The average Bonchev–Trinajstić information content (AvgIpc) is 3.58. The van der Waals surface area contributed by atoms with Crippen LogP contribution in [-0.2, 0) is 24.6 Å². The Labute approximate surface area is 325 Å². The van der Waals surface area contributed by atoms with Crippen LogP contribution in [0, 0.1) is 29.6 Å². The molecular formula is C43H35ClN2O10. The first-order valence-corrected chi connectivity index (χ1v) is 18.3. The third kappa shape index (κ3) is 5.38. The van der Waals surface area contributed by atoms with Gasteiger partial charge in [0, 0.05) is 17.0 Å². The molecule has 2 heterocycles. The van der Waals surface area contributed by atoms with Crippen molar-refractivity contribution in [2.45, 2.75) is 18.3 Å². The lowest BCUT2D eigenvalue weighted by Crippen LogP contribution is -2.54. The molecule has 2 aliphatic carbocycles. The van der Waals surface area contributed by atoms with E-state index in [4.69, 9.17) is 21.1 Å². The summed E-state index contributed by atoms with van der Waals surface area (Å²) in [6, 6.07) is 22.3. The molecule has 6 atom stereocenters. The van der Waals surface area contributed by atoms with Crippen molar-refractivity contribution in [2.24, 2.45) is 29.6 Å². The van der Waals surface area contributed by atoms with E-state index in [2.05, 4.69) is 0 Å². The van der Waals surface area contributed by atoms with Crippen molar-refractivity contribution >= 4 is 58.6 Å². The van der Waals surface area contributed by atoms with Crippen LogP contribution in [0.2, 0.25) is 5.02 Å². The standard InChI is InChI=1S/C43H35ClN2O10/c1-55-34-17-22(18-35(56-2)37(34)48)11-16-31-27-14-15-29-36(40(51)45(38(29)49)26-12-13-28(41(52)53)33(47)20-26)30(27)21-32-39(50)46(25-10-6-9-24(44)19-25)42(54)43(31,32)23-7-4-3-5-8-23/h3-14,16-20,29-32,36,47-48H,15,21H2,1-2H3,(H,52,53). The van der Waals surface area contributed by atoms with Crippen LogP contribution in [0.1, 0.15) is 34.3 Å². The van der Waals surface area contributed by atoms with Crippen molar-refractivity contribution in [1.29, 1.82) is 0 Å². The Morgan fingerprint density at radius 3 is 2.16 bits per heavy atom. The monoisotopic (exact) mass is 774 g/mol. The number of fused-ring (bicyclic) bond motifs is 4. The number of rotatable bonds is 8. The number of benzene rings is 4. The molecule has 2 saturated heterocycles. The molecule has 3 N–H and O–H groups in total. The number of halogens is 1. The zero-order valence-electron chi connectivity index (χ0n) is 30.1. The lowest BCUT2D eigenvalue weighted by Gasteiger charge is -2.49. The molecule has 0 radical (unpaired) electrons. The Kier molecular flexibility index (Phi) is 8.96. The first-order chi connectivity index (χ1) is 26.9. The number of aromatic carboxylic acids is 1. The number of ether oxygens (including phenoxy) is 2. The predicted octanol–water partition coefficient (Wildman–Crippen LogP) is 6.38. The number of imide groups is 2. The van der Waals surface area contributed by atoms with Gasteiger partial charge in [0.25, 0.3) is 0 Å². The van der Waals surface area contributed by atoms with E-state index in [1.54, 1.807) is 54.6 Å². The molecule has 4 aromatic carbocycles. The Morgan fingerprint density at radius 1 is 0.821 bits per heavy atom. The molecule has 284 valence electrons. The number of methoxy groups -OCH3 is 2. The van der Waals surface area contributed by atoms with Crippen molar-refractivity contribution in [3.63, 3.8) is 0 Å². The molecule has 8 rings (SSSR count). The molecule has 4 aliphatic rings. The number of hydrogen-bond donors (Lipinski definition) is 3. The summed E-state index contributed by atoms with van der Waals surface area (Å²) in [5.41, 5.74) is 0.298. The van der Waals surface area contributed by atoms with E-state index in [1.807, 2.05) is 30.4 Å². The van der Waals surface area contributed by atoms with Crippen LogP contribution >= 0.6 is 11.6 Å². The maximum absolute atomic E-state index is 15.3. The Bertz CT molecular complexity index is 2390. The lowest BCUT2D eigenvalue weighted by atomic mass is 9.50. The van der Waals surface area contributed by atoms with Gasteiger partial charge in [0.05, 0.1) is 48.8 Å². The maximum Gasteiger partial charge on any atom is 0.339 e. The van der Waals surface area contributed by atoms with E-state index >= 15 is 4.79 Å². The van der Waals surface area contributed by atoms with Crippen LogP contribution in [-0.4, -0.2) is 59.1 Å². The van der Waals surface area contributed by atoms with Crippen LogP contribution in [0.3, 0.4) is 0 Å². The van der Waals surface area contributed by atoms with E-state index in [9.17, 15) is 34.5 Å². The number of carboxylic acids is 1. The van der Waals surface area contributed by atoms with E-state index in [0.29, 0.717) is 27.4 Å². The van der Waals surface area contributed by atoms with Crippen molar-refractivity contribution in [3.05, 3.63) is 124 Å². The summed E-state index contributed by atoms with van der Waals surface area (Å²) < 4.78 is 10.8. The van der Waals surface area contributed by atoms with Gasteiger partial charge >= 0.3 is 5.97 Å². The van der Waals surface area contributed by atoms with Gasteiger partial charge in [0.2, 0.25) is 29.4 Å². The van der Waals surface area contributed by atoms with Gasteiger partial charge in [-0.1, -0.05) is 71.8 Å². The highest BCUT2D eigenvalue weighted by atomic mass is 35.5. The highest BCUT2D eigenvalue weighted by molar-refractivity contribution is 6.32. The first kappa shape index (κ1) is 36.6. The minimum absolute atomic E-state index is 0.0267. The second-order valence-corrected chi connectivity index (χ2v) is 14.7. The summed E-state index contributed by atoms with van der Waals surface area (Å²) in [7, 11) is 2.81. The van der Waals surface area contributed by atoms with Gasteiger partial charge in [-0.2, -0.15) is 0 Å². The van der Waals surface area contributed by atoms with Crippen molar-refractivity contribution in [3.8, 4) is 23.0 Å². The smallest absolute Gasteiger partial charge is 0.339 e. The minimum atomic E-state index is -1.50. The molecule has 3 fully saturated rings. The molecule has 4 amide bonds. The quantitative estimate of drug-likeness (QED) is 0.135. The molecule has 0 aromatic heterocycles.